The molecule has 2 heterocycles. The van der Waals surface area contributed by atoms with Crippen LogP contribution in [0, 0.1) is 5.92 Å². The number of hydrogen-bond donors (Lipinski definition) is 2. The van der Waals surface area contributed by atoms with Gasteiger partial charge in [-0.2, -0.15) is 0 Å². The molecular formula is C18H25ClN3O4P. The van der Waals surface area contributed by atoms with Crippen LogP contribution >= 0.6 is 19.2 Å². The summed E-state index contributed by atoms with van der Waals surface area (Å²) in [4.78, 5) is 29.2. The van der Waals surface area contributed by atoms with Crippen LogP contribution in [0.25, 0.3) is 10.9 Å². The smallest absolute Gasteiger partial charge is 0.325 e. The summed E-state index contributed by atoms with van der Waals surface area (Å²) in [5.41, 5.74) is 0.699. The van der Waals surface area contributed by atoms with E-state index < -0.39 is 7.60 Å². The Balaban J connectivity index is 1.79. The van der Waals surface area contributed by atoms with E-state index in [1.54, 1.807) is 6.07 Å². The summed E-state index contributed by atoms with van der Waals surface area (Å²) in [7, 11) is -3.92. The number of fused-ring (bicyclic) bond motifs is 1. The van der Waals surface area contributed by atoms with Crippen molar-refractivity contribution < 1.29 is 19.1 Å². The highest BCUT2D eigenvalue weighted by molar-refractivity contribution is 7.51. The van der Waals surface area contributed by atoms with Crippen LogP contribution in [0.1, 0.15) is 33.1 Å². The van der Waals surface area contributed by atoms with Crippen LogP contribution in [0.4, 0.5) is 5.82 Å². The molecule has 9 heteroatoms. The number of halogens is 1. The molecule has 0 aliphatic carbocycles. The number of nitrogens with zero attached hydrogens (tertiary/aromatic N) is 3. The van der Waals surface area contributed by atoms with E-state index in [0.717, 1.165) is 37.1 Å². The van der Waals surface area contributed by atoms with Gasteiger partial charge >= 0.3 is 7.60 Å². The van der Waals surface area contributed by atoms with Crippen molar-refractivity contribution in [3.05, 3.63) is 23.5 Å². The van der Waals surface area contributed by atoms with E-state index in [9.17, 15) is 4.57 Å². The van der Waals surface area contributed by atoms with Gasteiger partial charge < -0.3 is 19.4 Å². The minimum Gasteiger partial charge on any atom is -0.487 e. The third-order valence-electron chi connectivity index (χ3n) is 4.79. The highest BCUT2D eigenvalue weighted by Gasteiger charge is 2.25. The predicted molar refractivity (Wildman–Crippen MR) is 107 cm³/mol. The summed E-state index contributed by atoms with van der Waals surface area (Å²) >= 11 is 6.31. The summed E-state index contributed by atoms with van der Waals surface area (Å²) in [6, 6.07) is 3.72. The van der Waals surface area contributed by atoms with Crippen LogP contribution in [0.15, 0.2) is 18.5 Å². The Morgan fingerprint density at radius 1 is 1.30 bits per heavy atom. The van der Waals surface area contributed by atoms with Crippen molar-refractivity contribution in [3.8, 4) is 5.75 Å². The highest BCUT2D eigenvalue weighted by Crippen LogP contribution is 2.39. The third-order valence-corrected chi connectivity index (χ3v) is 5.93. The largest absolute Gasteiger partial charge is 0.487 e. The van der Waals surface area contributed by atoms with Crippen molar-refractivity contribution >= 4 is 35.9 Å². The van der Waals surface area contributed by atoms with Crippen LogP contribution < -0.4 is 9.64 Å². The first-order valence-corrected chi connectivity index (χ1v) is 11.3. The van der Waals surface area contributed by atoms with E-state index in [1.165, 1.54) is 6.33 Å². The molecule has 2 aromatic rings. The SMILES string of the molecule is CC(C)Oc1c(Cl)ccc2c(N3CCC(CCP(=O)(O)O)CC3)ncnc12. The van der Waals surface area contributed by atoms with Crippen molar-refractivity contribution in [2.75, 3.05) is 24.2 Å². The normalized spacial score (nSPS) is 16.3. The summed E-state index contributed by atoms with van der Waals surface area (Å²) in [6.45, 7) is 5.47. The van der Waals surface area contributed by atoms with Gasteiger partial charge in [0.2, 0.25) is 0 Å². The number of hydrogen-bond acceptors (Lipinski definition) is 5. The lowest BCUT2D eigenvalue weighted by molar-refractivity contribution is 0.245. The summed E-state index contributed by atoms with van der Waals surface area (Å²) in [6.07, 6.45) is 3.80. The van der Waals surface area contributed by atoms with E-state index in [2.05, 4.69) is 14.9 Å². The van der Waals surface area contributed by atoms with E-state index in [4.69, 9.17) is 26.1 Å². The molecule has 1 aromatic carbocycles. The molecule has 0 unspecified atom stereocenters. The van der Waals surface area contributed by atoms with E-state index in [0.29, 0.717) is 28.6 Å². The molecule has 1 aliphatic rings. The lowest BCUT2D eigenvalue weighted by Crippen LogP contribution is -2.34. The van der Waals surface area contributed by atoms with Crippen LogP contribution in [0.5, 0.6) is 5.75 Å². The Hall–Kier alpha value is -1.40. The molecule has 2 N–H and O–H groups in total. The molecule has 7 nitrogen and oxygen atoms in total. The first-order chi connectivity index (χ1) is 12.7. The molecule has 27 heavy (non-hydrogen) atoms. The van der Waals surface area contributed by atoms with Gasteiger partial charge in [-0.3, -0.25) is 4.57 Å². The first kappa shape index (κ1) is 20.3. The quantitative estimate of drug-likeness (QED) is 0.694. The second kappa shape index (κ2) is 8.31. The maximum atomic E-state index is 11.1. The molecule has 1 fully saturated rings. The molecule has 0 spiro atoms. The summed E-state index contributed by atoms with van der Waals surface area (Å²) < 4.78 is 17.0. The second-order valence-electron chi connectivity index (χ2n) is 7.24. The standard InChI is InChI=1S/C18H25ClN3O4P/c1-12(2)26-17-15(19)4-3-14-16(17)20-11-21-18(14)22-8-5-13(6-9-22)7-10-27(23,24)25/h3-4,11-13H,5-10H2,1-2H3,(H2,23,24,25). The zero-order valence-electron chi connectivity index (χ0n) is 15.5. The number of benzene rings is 1. The number of ether oxygens (including phenoxy) is 1. The Kier molecular flexibility index (Phi) is 6.26. The van der Waals surface area contributed by atoms with Gasteiger partial charge in [0, 0.05) is 18.5 Å². The monoisotopic (exact) mass is 413 g/mol. The molecule has 0 radical (unpaired) electrons. The fraction of sp³-hybridized carbons (Fsp3) is 0.556. The van der Waals surface area contributed by atoms with Gasteiger partial charge in [0.25, 0.3) is 0 Å². The predicted octanol–water partition coefficient (Wildman–Crippen LogP) is 3.85. The molecule has 1 aliphatic heterocycles. The zero-order valence-corrected chi connectivity index (χ0v) is 17.2. The lowest BCUT2D eigenvalue weighted by Gasteiger charge is -2.33. The minimum absolute atomic E-state index is 0.0173. The van der Waals surface area contributed by atoms with Crippen LogP contribution in [0.3, 0.4) is 0 Å². The topological polar surface area (TPSA) is 95.8 Å². The Labute approximate surface area is 163 Å². The number of anilines is 1. The van der Waals surface area contributed by atoms with Crippen molar-refractivity contribution in [1.82, 2.24) is 9.97 Å². The number of piperidine rings is 1. The van der Waals surface area contributed by atoms with Crippen molar-refractivity contribution in [2.45, 2.75) is 39.2 Å². The van der Waals surface area contributed by atoms with Gasteiger partial charge in [-0.25, -0.2) is 9.97 Å². The van der Waals surface area contributed by atoms with Gasteiger partial charge in [-0.1, -0.05) is 11.6 Å². The van der Waals surface area contributed by atoms with E-state index in [-0.39, 0.29) is 12.3 Å². The molecule has 0 bridgehead atoms. The summed E-state index contributed by atoms with van der Waals surface area (Å²) in [5, 5.41) is 1.42. The fourth-order valence-corrected chi connectivity index (χ4v) is 4.35. The molecule has 148 valence electrons. The first-order valence-electron chi connectivity index (χ1n) is 9.14. The van der Waals surface area contributed by atoms with Crippen LogP contribution in [0.2, 0.25) is 5.02 Å². The Morgan fingerprint density at radius 3 is 2.63 bits per heavy atom. The molecular weight excluding hydrogens is 389 g/mol. The van der Waals surface area contributed by atoms with Gasteiger partial charge in [-0.15, -0.1) is 0 Å². The number of rotatable bonds is 6. The molecule has 0 amide bonds. The van der Waals surface area contributed by atoms with Gasteiger partial charge in [0.1, 0.15) is 17.7 Å². The molecule has 1 aromatic heterocycles. The van der Waals surface area contributed by atoms with Crippen LogP contribution in [-0.2, 0) is 4.57 Å². The average molecular weight is 414 g/mol. The maximum absolute atomic E-state index is 11.1. The average Bonchev–Trinajstić information content (AvgIpc) is 2.61. The molecule has 0 atom stereocenters. The van der Waals surface area contributed by atoms with E-state index >= 15 is 0 Å². The van der Waals surface area contributed by atoms with Crippen molar-refractivity contribution in [2.24, 2.45) is 5.92 Å². The van der Waals surface area contributed by atoms with Gasteiger partial charge in [0.15, 0.2) is 5.75 Å². The van der Waals surface area contributed by atoms with Crippen LogP contribution in [-0.4, -0.2) is 45.1 Å². The molecule has 1 saturated heterocycles. The van der Waals surface area contributed by atoms with Gasteiger partial charge in [-0.05, 0) is 51.2 Å². The zero-order chi connectivity index (χ0) is 19.6. The maximum Gasteiger partial charge on any atom is 0.325 e. The van der Waals surface area contributed by atoms with Crippen molar-refractivity contribution in [3.63, 3.8) is 0 Å². The van der Waals surface area contributed by atoms with Crippen molar-refractivity contribution in [1.29, 1.82) is 0 Å². The summed E-state index contributed by atoms with van der Waals surface area (Å²) in [5.74, 6) is 1.75. The number of aromatic nitrogens is 2. The third kappa shape index (κ3) is 5.11. The minimum atomic E-state index is -3.92. The fourth-order valence-electron chi connectivity index (χ4n) is 3.45. The molecule has 3 rings (SSSR count). The molecule has 0 saturated carbocycles. The second-order valence-corrected chi connectivity index (χ2v) is 9.43. The van der Waals surface area contributed by atoms with Gasteiger partial charge in [0.05, 0.1) is 17.3 Å². The Bertz CT molecular complexity index is 850. The highest BCUT2D eigenvalue weighted by atomic mass is 35.5. The van der Waals surface area contributed by atoms with E-state index in [1.807, 2.05) is 19.9 Å². The lowest BCUT2D eigenvalue weighted by atomic mass is 9.94. The Morgan fingerprint density at radius 2 is 2.00 bits per heavy atom.